The fourth-order valence-electron chi connectivity index (χ4n) is 2.83. The molecular formula is C20H16N4O2S. The molecule has 0 saturated heterocycles. The number of para-hydroxylation sites is 2. The number of thiophene rings is 1. The SMILES string of the molecule is O=C(O)/C(=N\Nc1nc2ccccc2n1Cc1ccccc1)c1ccsc1. The van der Waals surface area contributed by atoms with Gasteiger partial charge in [0.25, 0.3) is 0 Å². The third-order valence-electron chi connectivity index (χ3n) is 4.10. The molecule has 0 aliphatic rings. The van der Waals surface area contributed by atoms with Crippen LogP contribution in [0.15, 0.2) is 76.5 Å². The van der Waals surface area contributed by atoms with E-state index in [1.54, 1.807) is 11.4 Å². The number of anilines is 1. The molecular weight excluding hydrogens is 360 g/mol. The van der Waals surface area contributed by atoms with Crippen molar-refractivity contribution in [2.45, 2.75) is 6.54 Å². The number of carboxylic acids is 1. The monoisotopic (exact) mass is 376 g/mol. The molecule has 2 N–H and O–H groups in total. The van der Waals surface area contributed by atoms with Crippen LogP contribution in [0, 0.1) is 0 Å². The van der Waals surface area contributed by atoms with E-state index in [1.165, 1.54) is 11.3 Å². The van der Waals surface area contributed by atoms with E-state index in [9.17, 15) is 9.90 Å². The van der Waals surface area contributed by atoms with Crippen molar-refractivity contribution < 1.29 is 9.90 Å². The van der Waals surface area contributed by atoms with Crippen molar-refractivity contribution in [2.24, 2.45) is 5.10 Å². The molecule has 134 valence electrons. The average molecular weight is 376 g/mol. The quantitative estimate of drug-likeness (QED) is 0.393. The first-order chi connectivity index (χ1) is 13.2. The lowest BCUT2D eigenvalue weighted by atomic mass is 10.2. The van der Waals surface area contributed by atoms with Crippen molar-refractivity contribution in [3.05, 3.63) is 82.6 Å². The lowest BCUT2D eigenvalue weighted by Crippen LogP contribution is -2.16. The molecule has 0 atom stereocenters. The summed E-state index contributed by atoms with van der Waals surface area (Å²) < 4.78 is 1.99. The van der Waals surface area contributed by atoms with Crippen LogP contribution in [0.4, 0.5) is 5.95 Å². The van der Waals surface area contributed by atoms with Gasteiger partial charge in [-0.2, -0.15) is 16.4 Å². The van der Waals surface area contributed by atoms with Gasteiger partial charge in [0.2, 0.25) is 5.95 Å². The lowest BCUT2D eigenvalue weighted by Gasteiger charge is -2.09. The van der Waals surface area contributed by atoms with Gasteiger partial charge in [0, 0.05) is 10.9 Å². The lowest BCUT2D eigenvalue weighted by molar-refractivity contribution is -0.129. The van der Waals surface area contributed by atoms with Crippen molar-refractivity contribution in [1.29, 1.82) is 0 Å². The standard InChI is InChI=1S/C20H16N4O2S/c25-19(26)18(15-10-11-27-13-15)22-23-20-21-16-8-4-5-9-17(16)24(20)12-14-6-2-1-3-7-14/h1-11,13H,12H2,(H,21,23)(H,25,26)/b22-18-. The van der Waals surface area contributed by atoms with Crippen LogP contribution in [0.1, 0.15) is 11.1 Å². The molecule has 6 nitrogen and oxygen atoms in total. The second-order valence-electron chi connectivity index (χ2n) is 5.89. The summed E-state index contributed by atoms with van der Waals surface area (Å²) >= 11 is 1.42. The van der Waals surface area contributed by atoms with Gasteiger partial charge in [0.1, 0.15) is 0 Å². The van der Waals surface area contributed by atoms with E-state index in [0.717, 1.165) is 16.6 Å². The highest BCUT2D eigenvalue weighted by molar-refractivity contribution is 7.08. The molecule has 4 aromatic rings. The summed E-state index contributed by atoms with van der Waals surface area (Å²) in [5, 5.41) is 17.2. The Morgan fingerprint density at radius 2 is 1.89 bits per heavy atom. The normalized spacial score (nSPS) is 11.6. The Balaban J connectivity index is 1.74. The minimum atomic E-state index is -1.09. The van der Waals surface area contributed by atoms with Gasteiger partial charge in [-0.05, 0) is 29.1 Å². The maximum absolute atomic E-state index is 11.6. The molecule has 0 bridgehead atoms. The van der Waals surface area contributed by atoms with Crippen LogP contribution >= 0.6 is 11.3 Å². The topological polar surface area (TPSA) is 79.5 Å². The summed E-state index contributed by atoms with van der Waals surface area (Å²) in [5.41, 5.74) is 6.25. The Labute approximate surface area is 159 Å². The van der Waals surface area contributed by atoms with Crippen LogP contribution in [-0.4, -0.2) is 26.3 Å². The smallest absolute Gasteiger partial charge is 0.356 e. The van der Waals surface area contributed by atoms with Crippen molar-refractivity contribution >= 4 is 40.0 Å². The number of aromatic nitrogens is 2. The minimum absolute atomic E-state index is 0.0467. The summed E-state index contributed by atoms with van der Waals surface area (Å²) in [6, 6.07) is 19.5. The highest BCUT2D eigenvalue weighted by Gasteiger charge is 2.15. The third-order valence-corrected chi connectivity index (χ3v) is 4.79. The first-order valence-corrected chi connectivity index (χ1v) is 9.25. The summed E-state index contributed by atoms with van der Waals surface area (Å²) in [4.78, 5) is 16.1. The molecule has 7 heteroatoms. The molecule has 0 unspecified atom stereocenters. The zero-order chi connectivity index (χ0) is 18.6. The van der Waals surface area contributed by atoms with Crippen molar-refractivity contribution in [1.82, 2.24) is 9.55 Å². The van der Waals surface area contributed by atoms with Gasteiger partial charge in [-0.15, -0.1) is 0 Å². The Kier molecular flexibility index (Phi) is 4.67. The van der Waals surface area contributed by atoms with Crippen molar-refractivity contribution in [3.63, 3.8) is 0 Å². The van der Waals surface area contributed by atoms with Gasteiger partial charge in [-0.3, -0.25) is 0 Å². The molecule has 2 aromatic heterocycles. The molecule has 27 heavy (non-hydrogen) atoms. The van der Waals surface area contributed by atoms with Crippen LogP contribution in [0.2, 0.25) is 0 Å². The van der Waals surface area contributed by atoms with Crippen LogP contribution in [-0.2, 0) is 11.3 Å². The number of carbonyl (C=O) groups is 1. The number of aliphatic carboxylic acids is 1. The largest absolute Gasteiger partial charge is 0.476 e. The number of hydrogen-bond donors (Lipinski definition) is 2. The minimum Gasteiger partial charge on any atom is -0.476 e. The molecule has 0 amide bonds. The molecule has 0 fully saturated rings. The zero-order valence-electron chi connectivity index (χ0n) is 14.2. The predicted molar refractivity (Wildman–Crippen MR) is 107 cm³/mol. The number of nitrogens with zero attached hydrogens (tertiary/aromatic N) is 3. The summed E-state index contributed by atoms with van der Waals surface area (Å²) in [5.74, 6) is -0.597. The van der Waals surface area contributed by atoms with E-state index >= 15 is 0 Å². The van der Waals surface area contributed by atoms with Crippen LogP contribution in [0.25, 0.3) is 11.0 Å². The second kappa shape index (κ2) is 7.43. The first-order valence-electron chi connectivity index (χ1n) is 8.31. The molecule has 0 spiro atoms. The predicted octanol–water partition coefficient (Wildman–Crippen LogP) is 4.05. The van der Waals surface area contributed by atoms with E-state index in [1.807, 2.05) is 64.5 Å². The highest BCUT2D eigenvalue weighted by Crippen LogP contribution is 2.21. The summed E-state index contributed by atoms with van der Waals surface area (Å²) in [6.07, 6.45) is 0. The fourth-order valence-corrected chi connectivity index (χ4v) is 3.47. The Bertz CT molecular complexity index is 1100. The summed E-state index contributed by atoms with van der Waals surface area (Å²) in [6.45, 7) is 0.597. The van der Waals surface area contributed by atoms with Gasteiger partial charge in [-0.1, -0.05) is 42.5 Å². The second-order valence-corrected chi connectivity index (χ2v) is 6.67. The van der Waals surface area contributed by atoms with E-state index in [0.29, 0.717) is 18.1 Å². The van der Waals surface area contributed by atoms with Gasteiger partial charge in [0.05, 0.1) is 17.6 Å². The number of hydrazone groups is 1. The number of carboxylic acid groups (broad SMARTS) is 1. The van der Waals surface area contributed by atoms with E-state index in [4.69, 9.17) is 0 Å². The van der Waals surface area contributed by atoms with Crippen LogP contribution < -0.4 is 5.43 Å². The number of imidazole rings is 1. The molecule has 0 aliphatic carbocycles. The third kappa shape index (κ3) is 3.58. The Hall–Kier alpha value is -3.45. The van der Waals surface area contributed by atoms with Gasteiger partial charge in [-0.25, -0.2) is 15.2 Å². The first kappa shape index (κ1) is 17.0. The van der Waals surface area contributed by atoms with E-state index < -0.39 is 5.97 Å². The van der Waals surface area contributed by atoms with Crippen molar-refractivity contribution in [3.8, 4) is 0 Å². The zero-order valence-corrected chi connectivity index (χ0v) is 15.1. The average Bonchev–Trinajstić information content (AvgIpc) is 3.32. The number of benzene rings is 2. The van der Waals surface area contributed by atoms with Crippen molar-refractivity contribution in [2.75, 3.05) is 5.43 Å². The maximum Gasteiger partial charge on any atom is 0.356 e. The fraction of sp³-hybridized carbons (Fsp3) is 0.0500. The molecule has 0 radical (unpaired) electrons. The van der Waals surface area contributed by atoms with Gasteiger partial charge >= 0.3 is 5.97 Å². The van der Waals surface area contributed by atoms with Crippen LogP contribution in [0.5, 0.6) is 0 Å². The number of hydrogen-bond acceptors (Lipinski definition) is 5. The summed E-state index contributed by atoms with van der Waals surface area (Å²) in [7, 11) is 0. The molecule has 2 heterocycles. The van der Waals surface area contributed by atoms with Gasteiger partial charge < -0.3 is 9.67 Å². The van der Waals surface area contributed by atoms with E-state index in [2.05, 4.69) is 15.5 Å². The molecule has 0 saturated carbocycles. The maximum atomic E-state index is 11.6. The van der Waals surface area contributed by atoms with Crippen LogP contribution in [0.3, 0.4) is 0 Å². The Morgan fingerprint density at radius 1 is 1.11 bits per heavy atom. The highest BCUT2D eigenvalue weighted by atomic mass is 32.1. The number of fused-ring (bicyclic) bond motifs is 1. The number of nitrogens with one attached hydrogen (secondary N) is 1. The number of rotatable bonds is 6. The molecule has 2 aromatic carbocycles. The molecule has 4 rings (SSSR count). The van der Waals surface area contributed by atoms with Gasteiger partial charge in [0.15, 0.2) is 5.71 Å². The Morgan fingerprint density at radius 3 is 2.63 bits per heavy atom. The van der Waals surface area contributed by atoms with E-state index in [-0.39, 0.29) is 5.71 Å². The molecule has 0 aliphatic heterocycles.